The average Bonchev–Trinajstić information content (AvgIpc) is 2.78. The van der Waals surface area contributed by atoms with E-state index in [0.717, 1.165) is 24.9 Å². The van der Waals surface area contributed by atoms with Gasteiger partial charge in [-0.05, 0) is 41.9 Å². The van der Waals surface area contributed by atoms with Crippen molar-refractivity contribution in [3.63, 3.8) is 0 Å². The van der Waals surface area contributed by atoms with Gasteiger partial charge in [0.1, 0.15) is 5.75 Å². The zero-order valence-corrected chi connectivity index (χ0v) is 9.45. The summed E-state index contributed by atoms with van der Waals surface area (Å²) in [6, 6.07) is 6.89. The van der Waals surface area contributed by atoms with Gasteiger partial charge in [0.05, 0.1) is 0 Å². The van der Waals surface area contributed by atoms with Crippen LogP contribution in [0.2, 0.25) is 0 Å². The van der Waals surface area contributed by atoms with E-state index >= 15 is 0 Å². The van der Waals surface area contributed by atoms with E-state index < -0.39 is 0 Å². The van der Waals surface area contributed by atoms with Crippen LogP contribution in [0.15, 0.2) is 24.3 Å². The Labute approximate surface area is 99.1 Å². The summed E-state index contributed by atoms with van der Waals surface area (Å²) in [5.41, 5.74) is 6.25. The Balaban J connectivity index is 2.18. The Hall–Kier alpha value is -1.95. The summed E-state index contributed by atoms with van der Waals surface area (Å²) in [7, 11) is 0. The number of rotatable bonds is 5. The lowest BCUT2D eigenvalue weighted by molar-refractivity contribution is 0.475. The molecular formula is C11H15N5O. The number of phenolic OH excluding ortho intramolecular Hbond substituents is 1. The van der Waals surface area contributed by atoms with E-state index in [4.69, 9.17) is 5.73 Å². The zero-order chi connectivity index (χ0) is 12.1. The molecule has 0 aliphatic heterocycles. The maximum atomic E-state index is 9.42. The largest absolute Gasteiger partial charge is 0.508 e. The summed E-state index contributed by atoms with van der Waals surface area (Å²) in [4.78, 5) is 0. The minimum absolute atomic E-state index is 0.207. The Kier molecular flexibility index (Phi) is 3.66. The van der Waals surface area contributed by atoms with Gasteiger partial charge in [-0.2, -0.15) is 0 Å². The standard InChI is InChI=1S/C11H15N5O/c12-6-1-2-7-16-11(13-14-15-16)9-4-3-5-10(17)8-9/h3-5,8,17H,1-2,6-7,12H2. The van der Waals surface area contributed by atoms with Crippen LogP contribution in [0.5, 0.6) is 5.75 Å². The molecule has 0 fully saturated rings. The predicted octanol–water partition coefficient (Wildman–Crippen LogP) is 0.785. The van der Waals surface area contributed by atoms with Gasteiger partial charge >= 0.3 is 0 Å². The van der Waals surface area contributed by atoms with E-state index in [1.165, 1.54) is 0 Å². The van der Waals surface area contributed by atoms with Gasteiger partial charge in [0.2, 0.25) is 0 Å². The fourth-order valence-electron chi connectivity index (χ4n) is 1.61. The lowest BCUT2D eigenvalue weighted by atomic mass is 10.2. The highest BCUT2D eigenvalue weighted by Gasteiger charge is 2.08. The molecule has 1 aromatic heterocycles. The normalized spacial score (nSPS) is 10.6. The van der Waals surface area contributed by atoms with E-state index in [-0.39, 0.29) is 5.75 Å². The molecule has 6 nitrogen and oxygen atoms in total. The van der Waals surface area contributed by atoms with E-state index in [0.29, 0.717) is 12.4 Å². The van der Waals surface area contributed by atoms with Gasteiger partial charge < -0.3 is 10.8 Å². The molecule has 0 atom stereocenters. The van der Waals surface area contributed by atoms with Crippen LogP contribution < -0.4 is 5.73 Å². The quantitative estimate of drug-likeness (QED) is 0.745. The highest BCUT2D eigenvalue weighted by atomic mass is 16.3. The molecule has 17 heavy (non-hydrogen) atoms. The summed E-state index contributed by atoms with van der Waals surface area (Å²) in [5, 5.41) is 21.0. The van der Waals surface area contributed by atoms with Crippen LogP contribution >= 0.6 is 0 Å². The lowest BCUT2D eigenvalue weighted by Gasteiger charge is -2.04. The van der Waals surface area contributed by atoms with Crippen molar-refractivity contribution in [2.24, 2.45) is 5.73 Å². The highest BCUT2D eigenvalue weighted by molar-refractivity contribution is 5.56. The Bertz CT molecular complexity index is 482. The van der Waals surface area contributed by atoms with Crippen molar-refractivity contribution >= 4 is 0 Å². The number of hydrogen-bond donors (Lipinski definition) is 2. The van der Waals surface area contributed by atoms with Gasteiger partial charge in [-0.15, -0.1) is 5.10 Å². The molecule has 0 radical (unpaired) electrons. The van der Waals surface area contributed by atoms with Crippen LogP contribution in [0.1, 0.15) is 12.8 Å². The third kappa shape index (κ3) is 2.79. The molecule has 6 heteroatoms. The zero-order valence-electron chi connectivity index (χ0n) is 9.45. The maximum absolute atomic E-state index is 9.42. The number of aryl methyl sites for hydroxylation is 1. The van der Waals surface area contributed by atoms with E-state index in [2.05, 4.69) is 15.5 Å². The number of benzene rings is 1. The van der Waals surface area contributed by atoms with Crippen LogP contribution in [-0.4, -0.2) is 31.9 Å². The van der Waals surface area contributed by atoms with Crippen molar-refractivity contribution < 1.29 is 5.11 Å². The number of nitrogens with two attached hydrogens (primary N) is 1. The van der Waals surface area contributed by atoms with E-state index in [1.54, 1.807) is 22.9 Å². The summed E-state index contributed by atoms with van der Waals surface area (Å²) >= 11 is 0. The predicted molar refractivity (Wildman–Crippen MR) is 63.2 cm³/mol. The molecule has 0 unspecified atom stereocenters. The molecule has 0 saturated carbocycles. The highest BCUT2D eigenvalue weighted by Crippen LogP contribution is 2.20. The number of tetrazole rings is 1. The first kappa shape index (κ1) is 11.5. The summed E-state index contributed by atoms with van der Waals surface area (Å²) in [6.45, 7) is 1.40. The molecule has 3 N–H and O–H groups in total. The second-order valence-corrected chi connectivity index (χ2v) is 3.77. The summed E-state index contributed by atoms with van der Waals surface area (Å²) in [5.74, 6) is 0.872. The summed E-state index contributed by atoms with van der Waals surface area (Å²) in [6.07, 6.45) is 1.88. The Morgan fingerprint density at radius 1 is 1.29 bits per heavy atom. The third-order valence-electron chi connectivity index (χ3n) is 2.46. The van der Waals surface area contributed by atoms with Gasteiger partial charge in [0.15, 0.2) is 5.82 Å². The van der Waals surface area contributed by atoms with Gasteiger partial charge in [-0.3, -0.25) is 0 Å². The Morgan fingerprint density at radius 3 is 2.94 bits per heavy atom. The molecule has 1 heterocycles. The number of hydrogen-bond acceptors (Lipinski definition) is 5. The molecule has 90 valence electrons. The van der Waals surface area contributed by atoms with E-state index in [9.17, 15) is 5.11 Å². The number of aromatic hydroxyl groups is 1. The first-order chi connectivity index (χ1) is 8.31. The van der Waals surface area contributed by atoms with Crippen molar-refractivity contribution in [2.75, 3.05) is 6.54 Å². The molecule has 2 rings (SSSR count). The molecule has 0 bridgehead atoms. The van der Waals surface area contributed by atoms with Gasteiger partial charge in [-0.25, -0.2) is 4.68 Å². The number of unbranched alkanes of at least 4 members (excludes halogenated alkanes) is 1. The van der Waals surface area contributed by atoms with Crippen molar-refractivity contribution in [2.45, 2.75) is 19.4 Å². The SMILES string of the molecule is NCCCCn1nnnc1-c1cccc(O)c1. The molecule has 2 aromatic rings. The monoisotopic (exact) mass is 233 g/mol. The molecule has 0 aliphatic carbocycles. The van der Waals surface area contributed by atoms with Crippen LogP contribution in [0.3, 0.4) is 0 Å². The second-order valence-electron chi connectivity index (χ2n) is 3.77. The minimum Gasteiger partial charge on any atom is -0.508 e. The molecule has 1 aromatic carbocycles. The summed E-state index contributed by atoms with van der Waals surface area (Å²) < 4.78 is 1.73. The molecule has 0 spiro atoms. The van der Waals surface area contributed by atoms with Crippen LogP contribution in [0, 0.1) is 0 Å². The molecule has 0 saturated heterocycles. The van der Waals surface area contributed by atoms with E-state index in [1.807, 2.05) is 6.07 Å². The Morgan fingerprint density at radius 2 is 2.18 bits per heavy atom. The van der Waals surface area contributed by atoms with Crippen LogP contribution in [0.25, 0.3) is 11.4 Å². The molecule has 0 aliphatic rings. The fraction of sp³-hybridized carbons (Fsp3) is 0.364. The van der Waals surface area contributed by atoms with Crippen LogP contribution in [-0.2, 0) is 6.54 Å². The topological polar surface area (TPSA) is 89.9 Å². The first-order valence-electron chi connectivity index (χ1n) is 5.57. The molecular weight excluding hydrogens is 218 g/mol. The number of phenols is 1. The maximum Gasteiger partial charge on any atom is 0.182 e. The van der Waals surface area contributed by atoms with Crippen LogP contribution in [0.4, 0.5) is 0 Å². The van der Waals surface area contributed by atoms with Gasteiger partial charge in [0, 0.05) is 12.1 Å². The second kappa shape index (κ2) is 5.40. The fourth-order valence-corrected chi connectivity index (χ4v) is 1.61. The van der Waals surface area contributed by atoms with Crippen molar-refractivity contribution in [3.05, 3.63) is 24.3 Å². The minimum atomic E-state index is 0.207. The first-order valence-corrected chi connectivity index (χ1v) is 5.57. The smallest absolute Gasteiger partial charge is 0.182 e. The van der Waals surface area contributed by atoms with Crippen molar-refractivity contribution in [1.29, 1.82) is 0 Å². The number of aromatic nitrogens is 4. The van der Waals surface area contributed by atoms with Crippen molar-refractivity contribution in [1.82, 2.24) is 20.2 Å². The van der Waals surface area contributed by atoms with Gasteiger partial charge in [-0.1, -0.05) is 12.1 Å². The third-order valence-corrected chi connectivity index (χ3v) is 2.46. The lowest BCUT2D eigenvalue weighted by Crippen LogP contribution is -2.06. The molecule has 0 amide bonds. The van der Waals surface area contributed by atoms with Crippen molar-refractivity contribution in [3.8, 4) is 17.1 Å². The van der Waals surface area contributed by atoms with Gasteiger partial charge in [0.25, 0.3) is 0 Å². The number of nitrogens with zero attached hydrogens (tertiary/aromatic N) is 4. The average molecular weight is 233 g/mol.